The van der Waals surface area contributed by atoms with Crippen molar-refractivity contribution in [2.45, 2.75) is 19.8 Å². The molecule has 0 aliphatic rings. The lowest BCUT2D eigenvalue weighted by atomic mass is 10.4. The molecule has 4 nitrogen and oxygen atoms in total. The van der Waals surface area contributed by atoms with Crippen molar-refractivity contribution in [2.75, 3.05) is 20.7 Å². The van der Waals surface area contributed by atoms with Gasteiger partial charge in [-0.25, -0.2) is 4.67 Å². The fraction of sp³-hybridized carbons (Fsp3) is 0.857. The van der Waals surface area contributed by atoms with Gasteiger partial charge in [0.1, 0.15) is 0 Å². The van der Waals surface area contributed by atoms with Gasteiger partial charge >= 0.3 is 7.52 Å². The molecule has 0 saturated heterocycles. The van der Waals surface area contributed by atoms with E-state index in [0.717, 1.165) is 12.8 Å². The first-order valence-electron chi connectivity index (χ1n) is 3.90. The van der Waals surface area contributed by atoms with Gasteiger partial charge in [-0.3, -0.25) is 4.57 Å². The Balaban J connectivity index is 4.01. The zero-order valence-corrected chi connectivity index (χ0v) is 8.67. The van der Waals surface area contributed by atoms with E-state index in [2.05, 4.69) is 0 Å². The van der Waals surface area contributed by atoms with E-state index in [9.17, 15) is 4.57 Å². The lowest BCUT2D eigenvalue weighted by Gasteiger charge is -2.16. The summed E-state index contributed by atoms with van der Waals surface area (Å²) in [5.41, 5.74) is 0. The van der Waals surface area contributed by atoms with Crippen LogP contribution in [0.5, 0.6) is 0 Å². The minimum atomic E-state index is -3.16. The quantitative estimate of drug-likeness (QED) is 0.491. The summed E-state index contributed by atoms with van der Waals surface area (Å²) in [4.78, 5) is 0. The number of hydrogen-bond acceptors (Lipinski definition) is 3. The van der Waals surface area contributed by atoms with E-state index in [1.54, 1.807) is 19.9 Å². The van der Waals surface area contributed by atoms with Crippen LogP contribution in [0, 0.1) is 11.1 Å². The molecule has 0 fully saturated rings. The van der Waals surface area contributed by atoms with Gasteiger partial charge in [0.2, 0.25) is 0 Å². The van der Waals surface area contributed by atoms with Gasteiger partial charge in [0, 0.05) is 0 Å². The molecule has 12 heavy (non-hydrogen) atoms. The summed E-state index contributed by atoms with van der Waals surface area (Å²) in [6.07, 6.45) is 1.80. The molecule has 0 saturated carbocycles. The van der Waals surface area contributed by atoms with E-state index in [1.807, 2.05) is 6.92 Å². The van der Waals surface area contributed by atoms with Crippen LogP contribution in [0.1, 0.15) is 19.8 Å². The monoisotopic (exact) mass is 190 g/mol. The maximum atomic E-state index is 11.5. The van der Waals surface area contributed by atoms with Crippen LogP contribution in [0.3, 0.4) is 0 Å². The molecule has 0 spiro atoms. The highest BCUT2D eigenvalue weighted by Gasteiger charge is 2.25. The van der Waals surface area contributed by atoms with Crippen LogP contribution in [0.2, 0.25) is 0 Å². The third-order valence-corrected chi connectivity index (χ3v) is 3.26. The van der Waals surface area contributed by atoms with Gasteiger partial charge < -0.3 is 4.52 Å². The Kier molecular flexibility index (Phi) is 5.16. The molecule has 0 radical (unpaired) electrons. The van der Waals surface area contributed by atoms with Gasteiger partial charge in [0.05, 0.1) is 6.61 Å². The Hall–Kier alpha value is -0.360. The topological polar surface area (TPSA) is 53.3 Å². The maximum Gasteiger partial charge on any atom is 0.370 e. The molecule has 1 atom stereocenters. The van der Waals surface area contributed by atoms with Crippen molar-refractivity contribution in [3.63, 3.8) is 0 Å². The maximum absolute atomic E-state index is 11.5. The molecule has 1 unspecified atom stereocenters. The summed E-state index contributed by atoms with van der Waals surface area (Å²) in [5.74, 6) is 1.70. The van der Waals surface area contributed by atoms with Crippen molar-refractivity contribution in [3.05, 3.63) is 0 Å². The number of nitriles is 1. The molecule has 5 heteroatoms. The number of rotatable bonds is 5. The summed E-state index contributed by atoms with van der Waals surface area (Å²) >= 11 is 0. The molecule has 0 aliphatic heterocycles. The van der Waals surface area contributed by atoms with Gasteiger partial charge in [-0.15, -0.1) is 0 Å². The molecule has 0 aromatic heterocycles. The summed E-state index contributed by atoms with van der Waals surface area (Å²) in [5, 5.41) is 8.58. The molecular weight excluding hydrogens is 175 g/mol. The van der Waals surface area contributed by atoms with Gasteiger partial charge in [-0.1, -0.05) is 13.3 Å². The van der Waals surface area contributed by atoms with E-state index < -0.39 is 7.52 Å². The van der Waals surface area contributed by atoms with E-state index in [4.69, 9.17) is 9.79 Å². The van der Waals surface area contributed by atoms with Crippen molar-refractivity contribution in [1.82, 2.24) is 4.67 Å². The van der Waals surface area contributed by atoms with Gasteiger partial charge in [0.15, 0.2) is 5.81 Å². The third-order valence-electron chi connectivity index (χ3n) is 1.42. The highest BCUT2D eigenvalue weighted by atomic mass is 31.2. The molecule has 0 aromatic rings. The molecule has 0 aromatic carbocycles. The lowest BCUT2D eigenvalue weighted by Crippen LogP contribution is -2.09. The van der Waals surface area contributed by atoms with Crippen molar-refractivity contribution in [2.24, 2.45) is 0 Å². The van der Waals surface area contributed by atoms with Crippen LogP contribution in [-0.2, 0) is 9.09 Å². The van der Waals surface area contributed by atoms with E-state index >= 15 is 0 Å². The van der Waals surface area contributed by atoms with Gasteiger partial charge in [-0.2, -0.15) is 5.26 Å². The molecule has 0 bridgehead atoms. The first-order valence-corrected chi connectivity index (χ1v) is 5.48. The van der Waals surface area contributed by atoms with Crippen LogP contribution in [0.25, 0.3) is 0 Å². The summed E-state index contributed by atoms with van der Waals surface area (Å²) < 4.78 is 17.8. The average molecular weight is 190 g/mol. The molecule has 0 amide bonds. The van der Waals surface area contributed by atoms with Gasteiger partial charge in [-0.05, 0) is 20.5 Å². The lowest BCUT2D eigenvalue weighted by molar-refractivity contribution is 0.284. The van der Waals surface area contributed by atoms with Crippen molar-refractivity contribution < 1.29 is 9.09 Å². The zero-order valence-electron chi connectivity index (χ0n) is 7.78. The highest BCUT2D eigenvalue weighted by Crippen LogP contribution is 2.47. The molecule has 0 rings (SSSR count). The average Bonchev–Trinajstić information content (AvgIpc) is 2.04. The Morgan fingerprint density at radius 3 is 2.50 bits per heavy atom. The Labute approximate surface area is 73.6 Å². The molecular formula is C7H15N2O2P. The summed E-state index contributed by atoms with van der Waals surface area (Å²) in [6.45, 7) is 2.40. The SMILES string of the molecule is CCCCOP(=O)(C#N)N(C)C. The smallest absolute Gasteiger partial charge is 0.307 e. The van der Waals surface area contributed by atoms with Crippen molar-refractivity contribution >= 4 is 7.52 Å². The van der Waals surface area contributed by atoms with Crippen molar-refractivity contribution in [3.8, 4) is 5.81 Å². The zero-order chi connectivity index (χ0) is 9.61. The van der Waals surface area contributed by atoms with E-state index in [-0.39, 0.29) is 0 Å². The second-order valence-corrected chi connectivity index (χ2v) is 4.95. The minimum Gasteiger partial charge on any atom is -0.307 e. The van der Waals surface area contributed by atoms with Crippen LogP contribution in [0.4, 0.5) is 0 Å². The van der Waals surface area contributed by atoms with Crippen LogP contribution >= 0.6 is 7.52 Å². The summed E-state index contributed by atoms with van der Waals surface area (Å²) in [7, 11) is -0.00438. The number of unbranched alkanes of at least 4 members (excludes halogenated alkanes) is 1. The predicted molar refractivity (Wildman–Crippen MR) is 47.8 cm³/mol. The number of hydrogen-bond donors (Lipinski definition) is 0. The Bertz CT molecular complexity index is 210. The fourth-order valence-electron chi connectivity index (χ4n) is 0.566. The summed E-state index contributed by atoms with van der Waals surface area (Å²) in [6, 6.07) is 0. The molecule has 70 valence electrons. The predicted octanol–water partition coefficient (Wildman–Crippen LogP) is 2.04. The van der Waals surface area contributed by atoms with E-state index in [1.165, 1.54) is 4.67 Å². The van der Waals surface area contributed by atoms with Crippen molar-refractivity contribution in [1.29, 1.82) is 5.26 Å². The van der Waals surface area contributed by atoms with Crippen LogP contribution in [-0.4, -0.2) is 25.4 Å². The highest BCUT2D eigenvalue weighted by molar-refractivity contribution is 7.61. The molecule has 0 aliphatic carbocycles. The first-order chi connectivity index (χ1) is 5.56. The third kappa shape index (κ3) is 3.36. The fourth-order valence-corrected chi connectivity index (χ4v) is 1.41. The van der Waals surface area contributed by atoms with Gasteiger partial charge in [0.25, 0.3) is 0 Å². The van der Waals surface area contributed by atoms with Crippen LogP contribution in [0.15, 0.2) is 0 Å². The second kappa shape index (κ2) is 5.31. The second-order valence-electron chi connectivity index (χ2n) is 2.65. The normalized spacial score (nSPS) is 15.6. The largest absolute Gasteiger partial charge is 0.370 e. The standard InChI is InChI=1S/C7H15N2O2P/c1-4-5-6-11-12(10,7-8)9(2)3/h4-6H2,1-3H3. The first kappa shape index (κ1) is 11.6. The van der Waals surface area contributed by atoms with Crippen LogP contribution < -0.4 is 0 Å². The van der Waals surface area contributed by atoms with E-state index in [0.29, 0.717) is 6.61 Å². The Morgan fingerprint density at radius 2 is 2.17 bits per heavy atom. The Morgan fingerprint density at radius 1 is 1.58 bits per heavy atom. The molecule has 0 N–H and O–H groups in total. The minimum absolute atomic E-state index is 0.388. The molecule has 0 heterocycles. The number of nitrogens with zero attached hydrogens (tertiary/aromatic N) is 2.